The number of anilines is 1. The molecule has 0 radical (unpaired) electrons. The highest BCUT2D eigenvalue weighted by atomic mass is 19.4. The molecule has 1 aromatic heterocycles. The Morgan fingerprint density at radius 1 is 1.00 bits per heavy atom. The highest BCUT2D eigenvalue weighted by molar-refractivity contribution is 6.04. The predicted molar refractivity (Wildman–Crippen MR) is 105 cm³/mol. The third-order valence-corrected chi connectivity index (χ3v) is 5.07. The van der Waals surface area contributed by atoms with Crippen LogP contribution in [0.3, 0.4) is 0 Å². The Labute approximate surface area is 183 Å². The smallest absolute Gasteiger partial charge is 0.406 e. The number of carbonyl (C=O) groups is 1. The van der Waals surface area contributed by atoms with E-state index in [1.54, 1.807) is 0 Å². The van der Waals surface area contributed by atoms with Crippen molar-refractivity contribution in [2.24, 2.45) is 0 Å². The molecule has 5 nitrogen and oxygen atoms in total. The van der Waals surface area contributed by atoms with Crippen LogP contribution in [0.4, 0.5) is 32.0 Å². The zero-order valence-corrected chi connectivity index (χ0v) is 16.8. The number of benzene rings is 2. The van der Waals surface area contributed by atoms with Crippen molar-refractivity contribution in [2.75, 3.05) is 5.32 Å². The first-order valence-corrected chi connectivity index (χ1v) is 9.87. The largest absolute Gasteiger partial charge is 0.573 e. The fourth-order valence-electron chi connectivity index (χ4n) is 3.65. The lowest BCUT2D eigenvalue weighted by Gasteiger charge is -2.14. The Morgan fingerprint density at radius 2 is 1.76 bits per heavy atom. The van der Waals surface area contributed by atoms with Crippen LogP contribution >= 0.6 is 0 Å². The van der Waals surface area contributed by atoms with Crippen LogP contribution in [0.5, 0.6) is 5.75 Å². The van der Waals surface area contributed by atoms with Gasteiger partial charge in [-0.15, -0.1) is 13.2 Å². The second-order valence-electron chi connectivity index (χ2n) is 7.47. The lowest BCUT2D eigenvalue weighted by Crippen LogP contribution is -2.18. The summed E-state index contributed by atoms with van der Waals surface area (Å²) in [7, 11) is 0. The van der Waals surface area contributed by atoms with Crippen LogP contribution in [0.25, 0.3) is 11.3 Å². The Bertz CT molecular complexity index is 1180. The predicted octanol–water partition coefficient (Wildman–Crippen LogP) is 6.39. The average molecular weight is 470 g/mol. The molecule has 11 heteroatoms. The molecule has 0 aliphatic heterocycles. The van der Waals surface area contributed by atoms with E-state index in [4.69, 9.17) is 4.52 Å². The van der Waals surface area contributed by atoms with Crippen molar-refractivity contribution in [2.45, 2.75) is 38.2 Å². The molecule has 0 saturated carbocycles. The van der Waals surface area contributed by atoms with Gasteiger partial charge in [-0.1, -0.05) is 11.2 Å². The number of rotatable bonds is 4. The third-order valence-electron chi connectivity index (χ3n) is 5.07. The minimum atomic E-state index is -4.96. The molecular formula is C22H16F6N2O3. The zero-order chi connectivity index (χ0) is 23.8. The molecule has 4 rings (SSSR count). The molecule has 33 heavy (non-hydrogen) atoms. The van der Waals surface area contributed by atoms with E-state index >= 15 is 0 Å². The minimum Gasteiger partial charge on any atom is -0.406 e. The standard InChI is InChI=1S/C22H16F6N2O3/c23-21(24,25)14-8-13(19-17-6-1-2-7-18(17)30-33-19)9-15(11-14)29-20(31)12-4-3-5-16(10-12)32-22(26,27)28/h3-5,8-11H,1-2,6-7H2,(H,29,31). The van der Waals surface area contributed by atoms with E-state index in [9.17, 15) is 31.1 Å². The summed E-state index contributed by atoms with van der Waals surface area (Å²) in [5.41, 5.74) is 0.0617. The molecule has 1 aliphatic carbocycles. The molecule has 0 bridgehead atoms. The number of alkyl halides is 6. The van der Waals surface area contributed by atoms with Gasteiger partial charge < -0.3 is 14.6 Å². The van der Waals surface area contributed by atoms with Gasteiger partial charge in [-0.25, -0.2) is 0 Å². The number of amides is 1. The number of halogens is 6. The third kappa shape index (κ3) is 5.29. The average Bonchev–Trinajstić information content (AvgIpc) is 3.16. The molecule has 2 aromatic carbocycles. The van der Waals surface area contributed by atoms with Gasteiger partial charge in [-0.3, -0.25) is 4.79 Å². The van der Waals surface area contributed by atoms with Gasteiger partial charge in [0.25, 0.3) is 5.91 Å². The zero-order valence-electron chi connectivity index (χ0n) is 16.8. The molecular weight excluding hydrogens is 454 g/mol. The van der Waals surface area contributed by atoms with Crippen LogP contribution in [-0.2, 0) is 19.0 Å². The van der Waals surface area contributed by atoms with Gasteiger partial charge >= 0.3 is 12.5 Å². The van der Waals surface area contributed by atoms with Crippen LogP contribution in [0.1, 0.15) is 40.0 Å². The first-order chi connectivity index (χ1) is 15.5. The fourth-order valence-corrected chi connectivity index (χ4v) is 3.65. The first kappa shape index (κ1) is 22.7. The van der Waals surface area contributed by atoms with Crippen molar-refractivity contribution in [3.05, 3.63) is 64.8 Å². The van der Waals surface area contributed by atoms with Crippen LogP contribution in [0.2, 0.25) is 0 Å². The quantitative estimate of drug-likeness (QED) is 0.449. The summed E-state index contributed by atoms with van der Waals surface area (Å²) in [6.45, 7) is 0. The van der Waals surface area contributed by atoms with E-state index in [1.807, 2.05) is 0 Å². The maximum atomic E-state index is 13.5. The van der Waals surface area contributed by atoms with E-state index in [-0.39, 0.29) is 22.6 Å². The Morgan fingerprint density at radius 3 is 2.48 bits per heavy atom. The fraction of sp³-hybridized carbons (Fsp3) is 0.273. The number of aromatic nitrogens is 1. The van der Waals surface area contributed by atoms with E-state index in [2.05, 4.69) is 15.2 Å². The number of nitrogens with one attached hydrogen (secondary N) is 1. The number of aryl methyl sites for hydroxylation is 1. The van der Waals surface area contributed by atoms with Crippen LogP contribution in [0, 0.1) is 0 Å². The monoisotopic (exact) mass is 470 g/mol. The van der Waals surface area contributed by atoms with Gasteiger partial charge in [0.1, 0.15) is 5.75 Å². The first-order valence-electron chi connectivity index (χ1n) is 9.87. The molecule has 1 aliphatic rings. The molecule has 1 heterocycles. The summed E-state index contributed by atoms with van der Waals surface area (Å²) < 4.78 is 87.0. The molecule has 1 amide bonds. The topological polar surface area (TPSA) is 64.4 Å². The number of hydrogen-bond donors (Lipinski definition) is 1. The molecule has 0 spiro atoms. The molecule has 0 unspecified atom stereocenters. The summed E-state index contributed by atoms with van der Waals surface area (Å²) in [5.74, 6) is -1.34. The summed E-state index contributed by atoms with van der Waals surface area (Å²) in [6.07, 6.45) is -6.65. The van der Waals surface area contributed by atoms with Crippen molar-refractivity contribution in [3.63, 3.8) is 0 Å². The van der Waals surface area contributed by atoms with Crippen molar-refractivity contribution < 1.29 is 40.4 Å². The molecule has 0 saturated heterocycles. The Balaban J connectivity index is 1.67. The van der Waals surface area contributed by atoms with E-state index in [1.165, 1.54) is 12.1 Å². The van der Waals surface area contributed by atoms with Crippen LogP contribution < -0.4 is 10.1 Å². The van der Waals surface area contributed by atoms with Crippen LogP contribution in [0.15, 0.2) is 47.0 Å². The van der Waals surface area contributed by atoms with Crippen molar-refractivity contribution in [1.29, 1.82) is 0 Å². The van der Waals surface area contributed by atoms with Gasteiger partial charge in [-0.2, -0.15) is 13.2 Å². The van der Waals surface area contributed by atoms with Crippen molar-refractivity contribution in [1.82, 2.24) is 5.16 Å². The van der Waals surface area contributed by atoms with E-state index in [0.29, 0.717) is 18.5 Å². The summed E-state index contributed by atoms with van der Waals surface area (Å²) in [5, 5.41) is 6.26. The molecule has 0 fully saturated rings. The maximum Gasteiger partial charge on any atom is 0.573 e. The van der Waals surface area contributed by atoms with Crippen molar-refractivity contribution >= 4 is 11.6 Å². The number of fused-ring (bicyclic) bond motifs is 1. The number of carbonyl (C=O) groups excluding carboxylic acids is 1. The van der Waals surface area contributed by atoms with Gasteiger partial charge in [0.2, 0.25) is 0 Å². The van der Waals surface area contributed by atoms with E-state index < -0.39 is 29.8 Å². The van der Waals surface area contributed by atoms with Crippen LogP contribution in [-0.4, -0.2) is 17.4 Å². The Kier molecular flexibility index (Phi) is 5.81. The lowest BCUT2D eigenvalue weighted by molar-refractivity contribution is -0.274. The molecule has 1 N–H and O–H groups in total. The lowest BCUT2D eigenvalue weighted by atomic mass is 9.93. The SMILES string of the molecule is O=C(Nc1cc(-c2onc3c2CCCC3)cc(C(F)(F)F)c1)c1cccc(OC(F)(F)F)c1. The Hall–Kier alpha value is -3.50. The van der Waals surface area contributed by atoms with E-state index in [0.717, 1.165) is 48.7 Å². The maximum absolute atomic E-state index is 13.5. The van der Waals surface area contributed by atoms with Crippen molar-refractivity contribution in [3.8, 4) is 17.1 Å². The minimum absolute atomic E-state index is 0.0879. The number of hydrogen-bond acceptors (Lipinski definition) is 4. The normalized spacial score (nSPS) is 14.0. The molecule has 3 aromatic rings. The second kappa shape index (κ2) is 8.45. The van der Waals surface area contributed by atoms with Gasteiger partial charge in [-0.05, 0) is 62.1 Å². The number of nitrogens with zero attached hydrogens (tertiary/aromatic N) is 1. The van der Waals surface area contributed by atoms with Gasteiger partial charge in [0, 0.05) is 22.4 Å². The summed E-state index contributed by atoms with van der Waals surface area (Å²) >= 11 is 0. The molecule has 0 atom stereocenters. The second-order valence-corrected chi connectivity index (χ2v) is 7.47. The van der Waals surface area contributed by atoms with Gasteiger partial charge in [0.05, 0.1) is 11.3 Å². The number of ether oxygens (including phenoxy) is 1. The summed E-state index contributed by atoms with van der Waals surface area (Å²) in [6, 6.07) is 7.15. The summed E-state index contributed by atoms with van der Waals surface area (Å²) in [4.78, 5) is 12.6. The highest BCUT2D eigenvalue weighted by Gasteiger charge is 2.33. The molecule has 174 valence electrons. The highest BCUT2D eigenvalue weighted by Crippen LogP contribution is 2.38. The van der Waals surface area contributed by atoms with Gasteiger partial charge in [0.15, 0.2) is 5.76 Å².